The first-order valence-electron chi connectivity index (χ1n) is 4.19. The van der Waals surface area contributed by atoms with Crippen molar-refractivity contribution >= 4 is 15.9 Å². The Balaban J connectivity index is 3.10. The molecule has 0 N–H and O–H groups in total. The van der Waals surface area contributed by atoms with Crippen molar-refractivity contribution in [3.8, 4) is 0 Å². The van der Waals surface area contributed by atoms with Crippen LogP contribution in [0, 0.1) is 20.8 Å². The maximum Gasteiger partial charge on any atom is 0.178 e. The lowest BCUT2D eigenvalue weighted by Gasteiger charge is -2.02. The fourth-order valence-electron chi connectivity index (χ4n) is 1.57. The number of halogens is 1. The van der Waals surface area contributed by atoms with Crippen molar-refractivity contribution in [2.45, 2.75) is 27.3 Å². The van der Waals surface area contributed by atoms with Gasteiger partial charge in [-0.1, -0.05) is 15.9 Å². The fraction of sp³-hybridized carbons (Fsp3) is 0.500. The van der Waals surface area contributed by atoms with E-state index in [1.54, 1.807) is 0 Å². The number of hydrogen-bond acceptors (Lipinski definition) is 0. The zero-order chi connectivity index (χ0) is 9.14. The number of pyridine rings is 1. The van der Waals surface area contributed by atoms with Gasteiger partial charge in [0.25, 0.3) is 0 Å². The zero-order valence-corrected chi connectivity index (χ0v) is 9.48. The first kappa shape index (κ1) is 9.72. The molecule has 0 atom stereocenters. The van der Waals surface area contributed by atoms with Crippen LogP contribution in [0.2, 0.25) is 0 Å². The highest BCUT2D eigenvalue weighted by atomic mass is 79.9. The molecule has 0 spiro atoms. The van der Waals surface area contributed by atoms with Crippen molar-refractivity contribution in [1.82, 2.24) is 0 Å². The fourth-order valence-corrected chi connectivity index (χ4v) is 1.93. The van der Waals surface area contributed by atoms with Crippen molar-refractivity contribution in [3.05, 3.63) is 29.1 Å². The Hall–Kier alpha value is -0.370. The smallest absolute Gasteiger partial charge is 0.178 e. The summed E-state index contributed by atoms with van der Waals surface area (Å²) >= 11 is 3.45. The number of nitrogens with zero attached hydrogens (tertiary/aromatic N) is 1. The molecule has 1 aromatic rings. The molecule has 0 aliphatic rings. The predicted molar refractivity (Wildman–Crippen MR) is 54.6 cm³/mol. The summed E-state index contributed by atoms with van der Waals surface area (Å²) in [5.41, 5.74) is 4.02. The van der Waals surface area contributed by atoms with Crippen LogP contribution in [0.3, 0.4) is 0 Å². The van der Waals surface area contributed by atoms with E-state index >= 15 is 0 Å². The minimum Gasteiger partial charge on any atom is -0.199 e. The molecule has 1 nitrogen and oxygen atoms in total. The lowest BCUT2D eigenvalue weighted by atomic mass is 10.2. The van der Waals surface area contributed by atoms with Gasteiger partial charge in [0.15, 0.2) is 17.9 Å². The molecule has 0 bridgehead atoms. The molecule has 1 heterocycles. The molecule has 0 saturated carbocycles. The van der Waals surface area contributed by atoms with Crippen LogP contribution in [-0.4, -0.2) is 5.33 Å². The van der Waals surface area contributed by atoms with Crippen LogP contribution < -0.4 is 4.57 Å². The van der Waals surface area contributed by atoms with Crippen molar-refractivity contribution in [3.63, 3.8) is 0 Å². The first-order valence-corrected chi connectivity index (χ1v) is 5.31. The molecule has 0 unspecified atom stereocenters. The Morgan fingerprint density at radius 1 is 1.17 bits per heavy atom. The molecular weight excluding hydrogens is 214 g/mol. The van der Waals surface area contributed by atoms with Gasteiger partial charge in [0.2, 0.25) is 0 Å². The van der Waals surface area contributed by atoms with Gasteiger partial charge in [-0.3, -0.25) is 0 Å². The van der Waals surface area contributed by atoms with E-state index in [1.807, 2.05) is 0 Å². The van der Waals surface area contributed by atoms with Crippen LogP contribution in [-0.2, 0) is 6.54 Å². The minimum absolute atomic E-state index is 1.02. The van der Waals surface area contributed by atoms with Crippen LogP contribution in [0.1, 0.15) is 17.0 Å². The van der Waals surface area contributed by atoms with Gasteiger partial charge in [-0.2, -0.15) is 4.57 Å². The quantitative estimate of drug-likeness (QED) is 0.541. The van der Waals surface area contributed by atoms with Crippen LogP contribution in [0.5, 0.6) is 0 Å². The lowest BCUT2D eigenvalue weighted by molar-refractivity contribution is -0.704. The molecule has 0 aliphatic heterocycles. The maximum atomic E-state index is 3.45. The van der Waals surface area contributed by atoms with Crippen LogP contribution in [0.25, 0.3) is 0 Å². The summed E-state index contributed by atoms with van der Waals surface area (Å²) in [6, 6.07) is 4.44. The van der Waals surface area contributed by atoms with Gasteiger partial charge in [0.1, 0.15) is 0 Å². The summed E-state index contributed by atoms with van der Waals surface area (Å²) in [7, 11) is 0. The van der Waals surface area contributed by atoms with E-state index < -0.39 is 0 Å². The Morgan fingerprint density at radius 2 is 1.67 bits per heavy atom. The zero-order valence-electron chi connectivity index (χ0n) is 7.89. The van der Waals surface area contributed by atoms with Crippen molar-refractivity contribution in [2.24, 2.45) is 0 Å². The monoisotopic (exact) mass is 228 g/mol. The minimum atomic E-state index is 1.02. The second kappa shape index (κ2) is 4.04. The number of hydrogen-bond donors (Lipinski definition) is 0. The van der Waals surface area contributed by atoms with E-state index in [1.165, 1.54) is 17.0 Å². The van der Waals surface area contributed by atoms with Crippen molar-refractivity contribution < 1.29 is 4.57 Å². The number of aryl methyl sites for hydroxylation is 3. The number of alkyl halides is 1. The molecule has 0 saturated heterocycles. The summed E-state index contributed by atoms with van der Waals surface area (Å²) in [6.45, 7) is 7.50. The lowest BCUT2D eigenvalue weighted by Crippen LogP contribution is -2.41. The Labute approximate surface area is 82.6 Å². The molecule has 0 amide bonds. The predicted octanol–water partition coefficient (Wildman–Crippen LogP) is 2.29. The highest BCUT2D eigenvalue weighted by Gasteiger charge is 2.09. The van der Waals surface area contributed by atoms with Crippen LogP contribution in [0.15, 0.2) is 12.1 Å². The molecule has 0 aromatic carbocycles. The topological polar surface area (TPSA) is 3.88 Å². The van der Waals surface area contributed by atoms with E-state index in [4.69, 9.17) is 0 Å². The average Bonchev–Trinajstić information content (AvgIpc) is 1.96. The molecule has 0 fully saturated rings. The van der Waals surface area contributed by atoms with Gasteiger partial charge in [-0.25, -0.2) is 0 Å². The summed E-state index contributed by atoms with van der Waals surface area (Å²) in [6.07, 6.45) is 0. The maximum absolute atomic E-state index is 3.45. The first-order chi connectivity index (χ1) is 5.65. The molecule has 12 heavy (non-hydrogen) atoms. The third-order valence-electron chi connectivity index (χ3n) is 2.03. The summed E-state index contributed by atoms with van der Waals surface area (Å²) < 4.78 is 2.32. The molecule has 0 radical (unpaired) electrons. The second-order valence-corrected chi connectivity index (χ2v) is 3.95. The highest BCUT2D eigenvalue weighted by molar-refractivity contribution is 9.09. The van der Waals surface area contributed by atoms with E-state index in [2.05, 4.69) is 53.4 Å². The van der Waals surface area contributed by atoms with Crippen LogP contribution in [0.4, 0.5) is 0 Å². The van der Waals surface area contributed by atoms with E-state index in [-0.39, 0.29) is 0 Å². The SMILES string of the molecule is Cc1cc(C)[n+](CCBr)c(C)c1. The van der Waals surface area contributed by atoms with Crippen molar-refractivity contribution in [2.75, 3.05) is 5.33 Å². The van der Waals surface area contributed by atoms with Gasteiger partial charge in [-0.15, -0.1) is 0 Å². The third kappa shape index (κ3) is 2.07. The molecule has 2 heteroatoms. The Bertz CT molecular complexity index is 258. The summed E-state index contributed by atoms with van der Waals surface area (Å²) in [5, 5.41) is 1.02. The Kier molecular flexibility index (Phi) is 3.27. The largest absolute Gasteiger partial charge is 0.199 e. The number of aromatic nitrogens is 1. The van der Waals surface area contributed by atoms with E-state index in [9.17, 15) is 0 Å². The van der Waals surface area contributed by atoms with Crippen molar-refractivity contribution in [1.29, 1.82) is 0 Å². The van der Waals surface area contributed by atoms with E-state index in [0.717, 1.165) is 11.9 Å². The van der Waals surface area contributed by atoms with Gasteiger partial charge in [0, 0.05) is 26.0 Å². The summed E-state index contributed by atoms with van der Waals surface area (Å²) in [4.78, 5) is 0. The second-order valence-electron chi connectivity index (χ2n) is 3.16. The molecule has 1 aromatic heterocycles. The molecule has 1 rings (SSSR count). The van der Waals surface area contributed by atoms with Gasteiger partial charge < -0.3 is 0 Å². The van der Waals surface area contributed by atoms with Gasteiger partial charge in [-0.05, 0) is 12.5 Å². The average molecular weight is 229 g/mol. The molecular formula is C10H15BrN+. The summed E-state index contributed by atoms with van der Waals surface area (Å²) in [5.74, 6) is 0. The normalized spacial score (nSPS) is 10.3. The third-order valence-corrected chi connectivity index (χ3v) is 2.39. The van der Waals surface area contributed by atoms with E-state index in [0.29, 0.717) is 0 Å². The standard InChI is InChI=1S/C10H15BrN/c1-8-6-9(2)12(5-4-11)10(3)7-8/h6-7H,4-5H2,1-3H3/q+1. The van der Waals surface area contributed by atoms with Crippen LogP contribution >= 0.6 is 15.9 Å². The van der Waals surface area contributed by atoms with Gasteiger partial charge in [0.05, 0.1) is 5.33 Å². The molecule has 0 aliphatic carbocycles. The Morgan fingerprint density at radius 3 is 2.08 bits per heavy atom. The number of rotatable bonds is 2. The van der Waals surface area contributed by atoms with Gasteiger partial charge >= 0.3 is 0 Å². The molecule has 66 valence electrons. The highest BCUT2D eigenvalue weighted by Crippen LogP contribution is 2.01.